The zero-order valence-corrected chi connectivity index (χ0v) is 10.00. The summed E-state index contributed by atoms with van der Waals surface area (Å²) < 4.78 is 5.45. The van der Waals surface area contributed by atoms with E-state index < -0.39 is 0 Å². The molecule has 1 aliphatic heterocycles. The van der Waals surface area contributed by atoms with Crippen LogP contribution < -0.4 is 10.6 Å². The molecule has 2 N–H and O–H groups in total. The van der Waals surface area contributed by atoms with Crippen molar-refractivity contribution in [1.82, 2.24) is 10.6 Å². The van der Waals surface area contributed by atoms with Crippen LogP contribution in [0.1, 0.15) is 32.6 Å². The molecule has 2 aliphatic rings. The summed E-state index contributed by atoms with van der Waals surface area (Å²) in [6, 6.07) is 0.691. The van der Waals surface area contributed by atoms with Crippen molar-refractivity contribution in [3.05, 3.63) is 0 Å². The average Bonchev–Trinajstić information content (AvgIpc) is 2.99. The molecule has 0 aromatic rings. The van der Waals surface area contributed by atoms with Crippen LogP contribution in [0.15, 0.2) is 0 Å². The lowest BCUT2D eigenvalue weighted by Crippen LogP contribution is -2.33. The first-order chi connectivity index (χ1) is 7.75. The minimum absolute atomic E-state index is 0.159. The van der Waals surface area contributed by atoms with Crippen LogP contribution in [-0.2, 0) is 9.53 Å². The minimum Gasteiger partial charge on any atom is -0.378 e. The van der Waals surface area contributed by atoms with Gasteiger partial charge in [0.2, 0.25) is 5.91 Å². The molecular weight excluding hydrogens is 204 g/mol. The number of ether oxygens (including phenoxy) is 1. The molecular formula is C12H22N2O2. The van der Waals surface area contributed by atoms with Gasteiger partial charge < -0.3 is 15.4 Å². The highest BCUT2D eigenvalue weighted by atomic mass is 16.5. The van der Waals surface area contributed by atoms with Gasteiger partial charge in [0.05, 0.1) is 6.10 Å². The van der Waals surface area contributed by atoms with Crippen molar-refractivity contribution in [3.8, 4) is 0 Å². The standard InChI is InChI=1S/C12H22N2O2/c1-9-10(5-7-16-9)8-14-12(15)4-6-13-11-2-3-11/h9-11,13H,2-8H2,1H3,(H,14,15). The summed E-state index contributed by atoms with van der Waals surface area (Å²) in [5.74, 6) is 0.660. The predicted octanol–water partition coefficient (Wildman–Crippen LogP) is 0.670. The smallest absolute Gasteiger partial charge is 0.221 e. The Balaban J connectivity index is 1.52. The van der Waals surface area contributed by atoms with Gasteiger partial charge >= 0.3 is 0 Å². The first-order valence-corrected chi connectivity index (χ1v) is 6.37. The van der Waals surface area contributed by atoms with Gasteiger partial charge in [0.1, 0.15) is 0 Å². The highest BCUT2D eigenvalue weighted by Gasteiger charge is 2.24. The number of amides is 1. The van der Waals surface area contributed by atoms with Crippen molar-refractivity contribution in [2.45, 2.75) is 44.8 Å². The van der Waals surface area contributed by atoms with E-state index in [1.54, 1.807) is 0 Å². The van der Waals surface area contributed by atoms with Gasteiger partial charge in [0.15, 0.2) is 0 Å². The third kappa shape index (κ3) is 3.76. The molecule has 1 aliphatic carbocycles. The molecule has 2 unspecified atom stereocenters. The molecule has 4 heteroatoms. The van der Waals surface area contributed by atoms with Gasteiger partial charge in [-0.1, -0.05) is 0 Å². The van der Waals surface area contributed by atoms with Crippen LogP contribution in [0.4, 0.5) is 0 Å². The lowest BCUT2D eigenvalue weighted by atomic mass is 10.0. The fourth-order valence-electron chi connectivity index (χ4n) is 2.05. The van der Waals surface area contributed by atoms with Crippen molar-refractivity contribution in [2.75, 3.05) is 19.7 Å². The summed E-state index contributed by atoms with van der Waals surface area (Å²) in [7, 11) is 0. The molecule has 2 rings (SSSR count). The summed E-state index contributed by atoms with van der Waals surface area (Å²) in [6.07, 6.45) is 4.52. The minimum atomic E-state index is 0.159. The Bertz CT molecular complexity index is 241. The Labute approximate surface area is 97.1 Å². The first-order valence-electron chi connectivity index (χ1n) is 6.37. The van der Waals surface area contributed by atoms with Crippen LogP contribution >= 0.6 is 0 Å². The molecule has 1 saturated heterocycles. The Morgan fingerprint density at radius 3 is 2.81 bits per heavy atom. The summed E-state index contributed by atoms with van der Waals surface area (Å²) >= 11 is 0. The van der Waals surface area contributed by atoms with E-state index in [-0.39, 0.29) is 5.91 Å². The van der Waals surface area contributed by atoms with Gasteiger partial charge in [-0.3, -0.25) is 4.79 Å². The molecule has 16 heavy (non-hydrogen) atoms. The summed E-state index contributed by atoms with van der Waals surface area (Å²) in [5.41, 5.74) is 0. The van der Waals surface area contributed by atoms with Crippen molar-refractivity contribution in [1.29, 1.82) is 0 Å². The number of hydrogen-bond acceptors (Lipinski definition) is 3. The van der Waals surface area contributed by atoms with Crippen LogP contribution in [0.25, 0.3) is 0 Å². The Morgan fingerprint density at radius 1 is 1.38 bits per heavy atom. The van der Waals surface area contributed by atoms with Gasteiger partial charge in [0, 0.05) is 38.1 Å². The maximum Gasteiger partial charge on any atom is 0.221 e. The maximum atomic E-state index is 11.5. The number of carbonyl (C=O) groups excluding carboxylic acids is 1. The van der Waals surface area contributed by atoms with E-state index >= 15 is 0 Å². The fraction of sp³-hybridized carbons (Fsp3) is 0.917. The summed E-state index contributed by atoms with van der Waals surface area (Å²) in [6.45, 7) is 4.50. The first kappa shape index (κ1) is 11.9. The van der Waals surface area contributed by atoms with Crippen LogP contribution in [0.2, 0.25) is 0 Å². The van der Waals surface area contributed by atoms with Crippen LogP contribution in [0, 0.1) is 5.92 Å². The van der Waals surface area contributed by atoms with E-state index in [9.17, 15) is 4.79 Å². The second kappa shape index (κ2) is 5.64. The van der Waals surface area contributed by atoms with Crippen molar-refractivity contribution < 1.29 is 9.53 Å². The van der Waals surface area contributed by atoms with E-state index in [1.165, 1.54) is 12.8 Å². The second-order valence-electron chi connectivity index (χ2n) is 4.91. The fourth-order valence-corrected chi connectivity index (χ4v) is 2.05. The average molecular weight is 226 g/mol. The number of nitrogens with one attached hydrogen (secondary N) is 2. The number of carbonyl (C=O) groups is 1. The SMILES string of the molecule is CC1OCCC1CNC(=O)CCNC1CC1. The van der Waals surface area contributed by atoms with Gasteiger partial charge in [-0.2, -0.15) is 0 Å². The molecule has 1 amide bonds. The van der Waals surface area contributed by atoms with E-state index in [2.05, 4.69) is 17.6 Å². The van der Waals surface area contributed by atoms with Gasteiger partial charge in [-0.05, 0) is 26.2 Å². The molecule has 0 aromatic carbocycles. The third-order valence-corrected chi connectivity index (χ3v) is 3.46. The van der Waals surface area contributed by atoms with Crippen molar-refractivity contribution >= 4 is 5.91 Å². The lowest BCUT2D eigenvalue weighted by Gasteiger charge is -2.14. The normalized spacial score (nSPS) is 29.3. The molecule has 0 aromatic heterocycles. The van der Waals surface area contributed by atoms with Gasteiger partial charge in [-0.25, -0.2) is 0 Å². The van der Waals surface area contributed by atoms with Crippen molar-refractivity contribution in [2.24, 2.45) is 5.92 Å². The number of hydrogen-bond donors (Lipinski definition) is 2. The Kier molecular flexibility index (Phi) is 4.18. The summed E-state index contributed by atoms with van der Waals surface area (Å²) in [4.78, 5) is 11.5. The zero-order valence-electron chi connectivity index (χ0n) is 10.00. The molecule has 4 nitrogen and oxygen atoms in total. The van der Waals surface area contributed by atoms with E-state index in [4.69, 9.17) is 4.74 Å². The molecule has 1 saturated carbocycles. The lowest BCUT2D eigenvalue weighted by molar-refractivity contribution is -0.121. The Morgan fingerprint density at radius 2 is 2.19 bits per heavy atom. The highest BCUT2D eigenvalue weighted by Crippen LogP contribution is 2.19. The van der Waals surface area contributed by atoms with Gasteiger partial charge in [-0.15, -0.1) is 0 Å². The van der Waals surface area contributed by atoms with E-state index in [1.807, 2.05) is 0 Å². The number of rotatable bonds is 6. The molecule has 0 spiro atoms. The molecule has 92 valence electrons. The van der Waals surface area contributed by atoms with Crippen LogP contribution in [0.5, 0.6) is 0 Å². The second-order valence-corrected chi connectivity index (χ2v) is 4.91. The monoisotopic (exact) mass is 226 g/mol. The molecule has 2 fully saturated rings. The largest absolute Gasteiger partial charge is 0.378 e. The van der Waals surface area contributed by atoms with E-state index in [0.717, 1.165) is 26.1 Å². The van der Waals surface area contributed by atoms with Crippen molar-refractivity contribution in [3.63, 3.8) is 0 Å². The molecule has 1 heterocycles. The molecule has 0 radical (unpaired) electrons. The molecule has 2 atom stereocenters. The quantitative estimate of drug-likeness (QED) is 0.700. The van der Waals surface area contributed by atoms with Crippen LogP contribution in [0.3, 0.4) is 0 Å². The highest BCUT2D eigenvalue weighted by molar-refractivity contribution is 5.76. The third-order valence-electron chi connectivity index (χ3n) is 3.46. The molecule has 0 bridgehead atoms. The van der Waals surface area contributed by atoms with Crippen LogP contribution in [-0.4, -0.2) is 37.7 Å². The van der Waals surface area contributed by atoms with Gasteiger partial charge in [0.25, 0.3) is 0 Å². The maximum absolute atomic E-state index is 11.5. The topological polar surface area (TPSA) is 50.4 Å². The summed E-state index contributed by atoms with van der Waals surface area (Å²) in [5, 5.41) is 6.33. The Hall–Kier alpha value is -0.610. The zero-order chi connectivity index (χ0) is 11.4. The van der Waals surface area contributed by atoms with E-state index in [0.29, 0.717) is 24.5 Å². The predicted molar refractivity (Wildman–Crippen MR) is 62.2 cm³/mol.